The monoisotopic (exact) mass is 367 g/mol. The van der Waals surface area contributed by atoms with Crippen molar-refractivity contribution in [2.24, 2.45) is 0 Å². The number of nitrogens with one attached hydrogen (secondary N) is 1. The number of ether oxygens (including phenoxy) is 1. The number of aromatic nitrogens is 3. The molecule has 2 aromatic heterocycles. The van der Waals surface area contributed by atoms with Gasteiger partial charge in [-0.3, -0.25) is 0 Å². The van der Waals surface area contributed by atoms with E-state index in [1.807, 2.05) is 18.2 Å². The van der Waals surface area contributed by atoms with E-state index in [1.54, 1.807) is 19.2 Å². The van der Waals surface area contributed by atoms with Crippen LogP contribution >= 0.6 is 22.6 Å². The van der Waals surface area contributed by atoms with E-state index in [1.165, 1.54) is 0 Å². The summed E-state index contributed by atoms with van der Waals surface area (Å²) in [6.07, 6.45) is 0. The lowest BCUT2D eigenvalue weighted by molar-refractivity contribution is 0.399. The van der Waals surface area contributed by atoms with Crippen molar-refractivity contribution in [3.8, 4) is 23.0 Å². The zero-order valence-electron chi connectivity index (χ0n) is 10.0. The fourth-order valence-corrected chi connectivity index (χ4v) is 2.31. The van der Waals surface area contributed by atoms with E-state index in [2.05, 4.69) is 37.5 Å². The topological polar surface area (TPSA) is 71.0 Å². The molecule has 96 valence electrons. The number of hydrogen-bond acceptors (Lipinski definition) is 4. The summed E-state index contributed by atoms with van der Waals surface area (Å²) in [4.78, 5) is 11.8. The molecule has 3 aromatic rings. The van der Waals surface area contributed by atoms with Crippen LogP contribution in [0.4, 0.5) is 0 Å². The summed E-state index contributed by atoms with van der Waals surface area (Å²) in [6.45, 7) is 0. The maximum atomic E-state index is 9.91. The molecule has 0 aliphatic heterocycles. The predicted octanol–water partition coefficient (Wildman–Crippen LogP) is 2.94. The summed E-state index contributed by atoms with van der Waals surface area (Å²) >= 11 is 2.19. The highest BCUT2D eigenvalue weighted by Gasteiger charge is 2.11. The molecule has 2 heterocycles. The van der Waals surface area contributed by atoms with E-state index in [4.69, 9.17) is 4.74 Å². The first kappa shape index (κ1) is 12.2. The fourth-order valence-electron chi connectivity index (χ4n) is 1.81. The van der Waals surface area contributed by atoms with Crippen LogP contribution in [0.2, 0.25) is 0 Å². The van der Waals surface area contributed by atoms with Gasteiger partial charge in [0.05, 0.1) is 18.2 Å². The third kappa shape index (κ3) is 2.23. The van der Waals surface area contributed by atoms with Gasteiger partial charge in [-0.1, -0.05) is 0 Å². The van der Waals surface area contributed by atoms with Crippen LogP contribution in [-0.4, -0.2) is 27.2 Å². The molecule has 0 spiro atoms. The van der Waals surface area contributed by atoms with E-state index in [0.717, 1.165) is 9.09 Å². The fraction of sp³-hybridized carbons (Fsp3) is 0.0769. The Hall–Kier alpha value is -1.83. The van der Waals surface area contributed by atoms with Crippen LogP contribution in [0.1, 0.15) is 0 Å². The largest absolute Gasteiger partial charge is 0.507 e. The first-order valence-electron chi connectivity index (χ1n) is 5.57. The van der Waals surface area contributed by atoms with Gasteiger partial charge >= 0.3 is 0 Å². The van der Waals surface area contributed by atoms with Gasteiger partial charge in [0.1, 0.15) is 11.6 Å². The highest BCUT2D eigenvalue weighted by atomic mass is 127. The molecule has 5 nitrogen and oxygen atoms in total. The lowest BCUT2D eigenvalue weighted by Gasteiger charge is -2.01. The van der Waals surface area contributed by atoms with Crippen molar-refractivity contribution in [3.05, 3.63) is 33.9 Å². The number of phenols is 1. The number of fused-ring (bicyclic) bond motifs is 1. The molecule has 19 heavy (non-hydrogen) atoms. The number of imidazole rings is 1. The van der Waals surface area contributed by atoms with E-state index in [9.17, 15) is 5.11 Å². The van der Waals surface area contributed by atoms with E-state index >= 15 is 0 Å². The van der Waals surface area contributed by atoms with Crippen LogP contribution in [-0.2, 0) is 0 Å². The number of benzene rings is 1. The average Bonchev–Trinajstić information content (AvgIpc) is 2.83. The second-order valence-electron chi connectivity index (χ2n) is 3.97. The van der Waals surface area contributed by atoms with Gasteiger partial charge in [0.2, 0.25) is 5.88 Å². The first-order chi connectivity index (χ1) is 9.17. The molecule has 0 unspecified atom stereocenters. The van der Waals surface area contributed by atoms with Crippen molar-refractivity contribution in [3.63, 3.8) is 0 Å². The summed E-state index contributed by atoms with van der Waals surface area (Å²) in [5.41, 5.74) is 2.02. The van der Waals surface area contributed by atoms with Crippen LogP contribution in [0.3, 0.4) is 0 Å². The van der Waals surface area contributed by atoms with Crippen LogP contribution < -0.4 is 4.74 Å². The normalized spacial score (nSPS) is 10.8. The summed E-state index contributed by atoms with van der Waals surface area (Å²) in [5, 5.41) is 9.91. The standard InChI is InChI=1S/C13H10IN3O2/c1-19-11-5-3-9-13(16-11)17-12(15-9)8-6-7(14)2-4-10(8)18/h2-6,18H,1H3,(H,15,16,17). The molecular weight excluding hydrogens is 357 g/mol. The van der Waals surface area contributed by atoms with Crippen molar-refractivity contribution in [1.29, 1.82) is 0 Å². The Labute approximate surface area is 122 Å². The minimum absolute atomic E-state index is 0.187. The third-order valence-electron chi connectivity index (χ3n) is 2.74. The quantitative estimate of drug-likeness (QED) is 0.684. The summed E-state index contributed by atoms with van der Waals surface area (Å²) in [6, 6.07) is 8.97. The average molecular weight is 367 g/mol. The van der Waals surface area contributed by atoms with Gasteiger partial charge in [0, 0.05) is 9.64 Å². The van der Waals surface area contributed by atoms with Gasteiger partial charge in [-0.2, -0.15) is 4.98 Å². The molecule has 0 fully saturated rings. The van der Waals surface area contributed by atoms with Gasteiger partial charge in [-0.05, 0) is 46.9 Å². The Bertz CT molecular complexity index is 755. The first-order valence-corrected chi connectivity index (χ1v) is 6.65. The molecule has 0 bridgehead atoms. The molecule has 1 aromatic carbocycles. The zero-order chi connectivity index (χ0) is 13.4. The minimum atomic E-state index is 0.187. The maximum Gasteiger partial charge on any atom is 0.215 e. The van der Waals surface area contributed by atoms with Crippen molar-refractivity contribution >= 4 is 33.8 Å². The molecular formula is C13H10IN3O2. The number of H-pyrrole nitrogens is 1. The molecule has 0 saturated heterocycles. The summed E-state index contributed by atoms with van der Waals surface area (Å²) in [5.74, 6) is 1.29. The molecule has 0 aliphatic rings. The molecule has 0 radical (unpaired) electrons. The Morgan fingerprint density at radius 2 is 2.05 bits per heavy atom. The highest BCUT2D eigenvalue weighted by Crippen LogP contribution is 2.30. The minimum Gasteiger partial charge on any atom is -0.507 e. The predicted molar refractivity (Wildman–Crippen MR) is 80.3 cm³/mol. The number of halogens is 1. The third-order valence-corrected chi connectivity index (χ3v) is 3.41. The second-order valence-corrected chi connectivity index (χ2v) is 5.22. The zero-order valence-corrected chi connectivity index (χ0v) is 12.2. The van der Waals surface area contributed by atoms with Crippen molar-refractivity contribution in [2.45, 2.75) is 0 Å². The molecule has 3 rings (SSSR count). The van der Waals surface area contributed by atoms with E-state index in [0.29, 0.717) is 22.9 Å². The number of hydrogen-bond donors (Lipinski definition) is 2. The Morgan fingerprint density at radius 3 is 2.84 bits per heavy atom. The van der Waals surface area contributed by atoms with Crippen molar-refractivity contribution in [1.82, 2.24) is 15.0 Å². The lowest BCUT2D eigenvalue weighted by atomic mass is 10.2. The Kier molecular flexibility index (Phi) is 3.02. The van der Waals surface area contributed by atoms with Crippen molar-refractivity contribution < 1.29 is 9.84 Å². The number of pyridine rings is 1. The second kappa shape index (κ2) is 4.69. The van der Waals surface area contributed by atoms with Crippen LogP contribution in [0, 0.1) is 3.57 Å². The van der Waals surface area contributed by atoms with Gasteiger partial charge < -0.3 is 14.8 Å². The highest BCUT2D eigenvalue weighted by molar-refractivity contribution is 14.1. The smallest absolute Gasteiger partial charge is 0.215 e. The van der Waals surface area contributed by atoms with Crippen LogP contribution in [0.5, 0.6) is 11.6 Å². The number of phenolic OH excluding ortho intramolecular Hbond substituents is 1. The number of nitrogens with zero attached hydrogens (tertiary/aromatic N) is 2. The Balaban J connectivity index is 2.17. The van der Waals surface area contributed by atoms with Crippen LogP contribution in [0.15, 0.2) is 30.3 Å². The molecule has 6 heteroatoms. The molecule has 0 saturated carbocycles. The number of methoxy groups -OCH3 is 1. The molecule has 0 aliphatic carbocycles. The molecule has 0 atom stereocenters. The lowest BCUT2D eigenvalue weighted by Crippen LogP contribution is -1.86. The van der Waals surface area contributed by atoms with Crippen LogP contribution in [0.25, 0.3) is 22.6 Å². The number of aromatic amines is 1. The Morgan fingerprint density at radius 1 is 1.21 bits per heavy atom. The van der Waals surface area contributed by atoms with Crippen molar-refractivity contribution in [2.75, 3.05) is 7.11 Å². The number of rotatable bonds is 2. The summed E-state index contributed by atoms with van der Waals surface area (Å²) in [7, 11) is 1.56. The maximum absolute atomic E-state index is 9.91. The number of aromatic hydroxyl groups is 1. The van der Waals surface area contributed by atoms with E-state index < -0.39 is 0 Å². The van der Waals surface area contributed by atoms with Gasteiger partial charge in [-0.15, -0.1) is 0 Å². The van der Waals surface area contributed by atoms with Gasteiger partial charge in [0.15, 0.2) is 5.65 Å². The SMILES string of the molecule is COc1ccc2[nH]c(-c3cc(I)ccc3O)nc2n1. The summed E-state index contributed by atoms with van der Waals surface area (Å²) < 4.78 is 6.09. The molecule has 0 amide bonds. The van der Waals surface area contributed by atoms with Gasteiger partial charge in [-0.25, -0.2) is 4.98 Å². The molecule has 2 N–H and O–H groups in total. The van der Waals surface area contributed by atoms with Gasteiger partial charge in [0.25, 0.3) is 0 Å². The van der Waals surface area contributed by atoms with E-state index in [-0.39, 0.29) is 5.75 Å².